The lowest BCUT2D eigenvalue weighted by Crippen LogP contribution is -2.51. The normalized spacial score (nSPS) is 30.0. The fourth-order valence-electron chi connectivity index (χ4n) is 4.03. The van der Waals surface area contributed by atoms with Gasteiger partial charge in [0.05, 0.1) is 0 Å². The monoisotopic (exact) mass is 280 g/mol. The number of rotatable bonds is 6. The van der Waals surface area contributed by atoms with Gasteiger partial charge in [-0.15, -0.1) is 0 Å². The largest absolute Gasteiger partial charge is 0.312 e. The van der Waals surface area contributed by atoms with Crippen LogP contribution in [0.25, 0.3) is 0 Å². The van der Waals surface area contributed by atoms with Gasteiger partial charge >= 0.3 is 0 Å². The molecule has 1 saturated heterocycles. The summed E-state index contributed by atoms with van der Waals surface area (Å²) >= 11 is 0. The molecule has 0 spiro atoms. The second-order valence-corrected chi connectivity index (χ2v) is 7.73. The van der Waals surface area contributed by atoms with Crippen LogP contribution in [-0.2, 0) is 0 Å². The summed E-state index contributed by atoms with van der Waals surface area (Å²) < 4.78 is 0. The topological polar surface area (TPSA) is 15.3 Å². The Labute approximate surface area is 126 Å². The Morgan fingerprint density at radius 1 is 1.05 bits per heavy atom. The molecule has 20 heavy (non-hydrogen) atoms. The molecule has 2 fully saturated rings. The van der Waals surface area contributed by atoms with Gasteiger partial charge in [-0.3, -0.25) is 0 Å². The van der Waals surface area contributed by atoms with Crippen LogP contribution in [0.4, 0.5) is 0 Å². The van der Waals surface area contributed by atoms with E-state index in [4.69, 9.17) is 0 Å². The third kappa shape index (κ3) is 5.37. The Balaban J connectivity index is 1.80. The van der Waals surface area contributed by atoms with Crippen LogP contribution in [0.5, 0.6) is 0 Å². The van der Waals surface area contributed by atoms with Gasteiger partial charge in [0.2, 0.25) is 0 Å². The van der Waals surface area contributed by atoms with Crippen LogP contribution in [0.3, 0.4) is 0 Å². The number of hydrogen-bond acceptors (Lipinski definition) is 2. The Kier molecular flexibility index (Phi) is 6.83. The van der Waals surface area contributed by atoms with Crippen molar-refractivity contribution < 1.29 is 0 Å². The fraction of sp³-hybridized carbons (Fsp3) is 1.00. The van der Waals surface area contributed by atoms with E-state index in [0.29, 0.717) is 0 Å². The summed E-state index contributed by atoms with van der Waals surface area (Å²) in [4.78, 5) is 2.78. The predicted octanol–water partition coefficient (Wildman–Crippen LogP) is 3.91. The first kappa shape index (κ1) is 16.3. The van der Waals surface area contributed by atoms with Crippen molar-refractivity contribution in [3.05, 3.63) is 0 Å². The van der Waals surface area contributed by atoms with Crippen LogP contribution >= 0.6 is 0 Å². The summed E-state index contributed by atoms with van der Waals surface area (Å²) in [6.07, 6.45) is 10.1. The van der Waals surface area contributed by atoms with Crippen molar-refractivity contribution in [2.75, 3.05) is 26.2 Å². The summed E-state index contributed by atoms with van der Waals surface area (Å²) in [7, 11) is 0. The molecule has 1 saturated carbocycles. The average molecular weight is 280 g/mol. The number of likely N-dealkylation sites (tertiary alicyclic amines) is 1. The fourth-order valence-corrected chi connectivity index (χ4v) is 4.03. The molecule has 118 valence electrons. The molecular weight excluding hydrogens is 244 g/mol. The van der Waals surface area contributed by atoms with E-state index in [-0.39, 0.29) is 0 Å². The van der Waals surface area contributed by atoms with Gasteiger partial charge in [-0.25, -0.2) is 0 Å². The molecule has 1 aliphatic heterocycles. The molecule has 1 N–H and O–H groups in total. The first-order valence-corrected chi connectivity index (χ1v) is 9.13. The predicted molar refractivity (Wildman–Crippen MR) is 88.0 cm³/mol. The molecule has 0 aromatic rings. The highest BCUT2D eigenvalue weighted by molar-refractivity contribution is 4.84. The van der Waals surface area contributed by atoms with Crippen molar-refractivity contribution in [2.45, 2.75) is 71.8 Å². The highest BCUT2D eigenvalue weighted by atomic mass is 15.2. The molecule has 0 aromatic carbocycles. The van der Waals surface area contributed by atoms with Crippen molar-refractivity contribution in [3.63, 3.8) is 0 Å². The standard InChI is InChI=1S/C18H36N2/c1-4-16-10-18(19-11-15(2)3)14-20(12-16)13-17-8-6-5-7-9-17/h15-19H,4-14H2,1-3H3. The minimum atomic E-state index is 0.736. The highest BCUT2D eigenvalue weighted by Gasteiger charge is 2.27. The van der Waals surface area contributed by atoms with Crippen molar-refractivity contribution in [3.8, 4) is 0 Å². The smallest absolute Gasteiger partial charge is 0.0198 e. The third-order valence-corrected chi connectivity index (χ3v) is 5.25. The molecule has 2 rings (SSSR count). The lowest BCUT2D eigenvalue weighted by molar-refractivity contribution is 0.110. The summed E-state index contributed by atoms with van der Waals surface area (Å²) in [5.41, 5.74) is 0. The van der Waals surface area contributed by atoms with E-state index in [1.165, 1.54) is 71.1 Å². The van der Waals surface area contributed by atoms with Crippen molar-refractivity contribution in [1.29, 1.82) is 0 Å². The molecule has 2 aliphatic rings. The second-order valence-electron chi connectivity index (χ2n) is 7.73. The Hall–Kier alpha value is -0.0800. The van der Waals surface area contributed by atoms with Crippen LogP contribution < -0.4 is 5.32 Å². The SMILES string of the molecule is CCC1CC(NCC(C)C)CN(CC2CCCCC2)C1. The lowest BCUT2D eigenvalue weighted by Gasteiger charge is -2.40. The molecular formula is C18H36N2. The maximum absolute atomic E-state index is 3.81. The zero-order valence-corrected chi connectivity index (χ0v) is 14.0. The van der Waals surface area contributed by atoms with E-state index in [2.05, 4.69) is 31.0 Å². The van der Waals surface area contributed by atoms with E-state index in [0.717, 1.165) is 23.8 Å². The molecule has 0 bridgehead atoms. The van der Waals surface area contributed by atoms with E-state index < -0.39 is 0 Å². The van der Waals surface area contributed by atoms with Crippen molar-refractivity contribution in [1.82, 2.24) is 10.2 Å². The molecule has 2 nitrogen and oxygen atoms in total. The van der Waals surface area contributed by atoms with Crippen molar-refractivity contribution in [2.24, 2.45) is 17.8 Å². The molecule has 0 aromatic heterocycles. The average Bonchev–Trinajstić information content (AvgIpc) is 2.46. The van der Waals surface area contributed by atoms with Gasteiger partial charge in [0, 0.05) is 25.7 Å². The van der Waals surface area contributed by atoms with Crippen LogP contribution in [0.15, 0.2) is 0 Å². The van der Waals surface area contributed by atoms with E-state index >= 15 is 0 Å². The maximum atomic E-state index is 3.81. The van der Waals surface area contributed by atoms with E-state index in [9.17, 15) is 0 Å². The van der Waals surface area contributed by atoms with E-state index in [1.54, 1.807) is 0 Å². The zero-order valence-electron chi connectivity index (χ0n) is 14.0. The van der Waals surface area contributed by atoms with Crippen molar-refractivity contribution >= 4 is 0 Å². The third-order valence-electron chi connectivity index (χ3n) is 5.25. The molecule has 1 aliphatic carbocycles. The zero-order chi connectivity index (χ0) is 14.4. The first-order valence-electron chi connectivity index (χ1n) is 9.13. The quantitative estimate of drug-likeness (QED) is 0.793. The van der Waals surface area contributed by atoms with Gasteiger partial charge in [0.1, 0.15) is 0 Å². The van der Waals surface area contributed by atoms with Crippen LogP contribution in [-0.4, -0.2) is 37.1 Å². The Bertz CT molecular complexity index is 258. The molecule has 2 heteroatoms. The Morgan fingerprint density at radius 2 is 1.80 bits per heavy atom. The van der Waals surface area contributed by atoms with E-state index in [1.807, 2.05) is 0 Å². The first-order chi connectivity index (χ1) is 9.67. The summed E-state index contributed by atoms with van der Waals surface area (Å²) in [5, 5.41) is 3.81. The second kappa shape index (κ2) is 8.38. The van der Waals surface area contributed by atoms with Crippen LogP contribution in [0.1, 0.15) is 65.7 Å². The van der Waals surface area contributed by atoms with Crippen LogP contribution in [0, 0.1) is 17.8 Å². The lowest BCUT2D eigenvalue weighted by atomic mass is 9.86. The Morgan fingerprint density at radius 3 is 2.45 bits per heavy atom. The molecule has 0 amide bonds. The number of piperidine rings is 1. The van der Waals surface area contributed by atoms with Gasteiger partial charge in [-0.1, -0.05) is 46.5 Å². The van der Waals surface area contributed by atoms with Gasteiger partial charge < -0.3 is 10.2 Å². The van der Waals surface area contributed by atoms with Gasteiger partial charge in [-0.05, 0) is 43.6 Å². The summed E-state index contributed by atoms with van der Waals surface area (Å²) in [6, 6.07) is 0.736. The molecule has 1 heterocycles. The number of nitrogens with zero attached hydrogens (tertiary/aromatic N) is 1. The number of hydrogen-bond donors (Lipinski definition) is 1. The van der Waals surface area contributed by atoms with Gasteiger partial charge in [0.15, 0.2) is 0 Å². The molecule has 2 unspecified atom stereocenters. The molecule has 2 atom stereocenters. The minimum absolute atomic E-state index is 0.736. The number of nitrogens with one attached hydrogen (secondary N) is 1. The van der Waals surface area contributed by atoms with Crippen LogP contribution in [0.2, 0.25) is 0 Å². The highest BCUT2D eigenvalue weighted by Crippen LogP contribution is 2.27. The minimum Gasteiger partial charge on any atom is -0.312 e. The molecule has 0 radical (unpaired) electrons. The maximum Gasteiger partial charge on any atom is 0.0198 e. The van der Waals surface area contributed by atoms with Gasteiger partial charge in [-0.2, -0.15) is 0 Å². The van der Waals surface area contributed by atoms with Gasteiger partial charge in [0.25, 0.3) is 0 Å². The summed E-state index contributed by atoms with van der Waals surface area (Å²) in [5.74, 6) is 2.67. The summed E-state index contributed by atoms with van der Waals surface area (Å²) in [6.45, 7) is 12.2.